The Bertz CT molecular complexity index is 484. The first-order valence-electron chi connectivity index (χ1n) is 6.13. The fourth-order valence-corrected chi connectivity index (χ4v) is 1.86. The lowest BCUT2D eigenvalue weighted by Crippen LogP contribution is -2.32. The monoisotopic (exact) mass is 244 g/mol. The van der Waals surface area contributed by atoms with Crippen LogP contribution in [-0.2, 0) is 0 Å². The van der Waals surface area contributed by atoms with Crippen LogP contribution in [0.3, 0.4) is 0 Å². The molecule has 0 unspecified atom stereocenters. The number of pyridine rings is 1. The average molecular weight is 244 g/mol. The highest BCUT2D eigenvalue weighted by Crippen LogP contribution is 2.25. The summed E-state index contributed by atoms with van der Waals surface area (Å²) in [6.07, 6.45) is 6.79. The molecule has 1 aromatic heterocycles. The number of hydrogen-bond donors (Lipinski definition) is 2. The molecule has 0 spiro atoms. The molecule has 1 saturated carbocycles. The minimum atomic E-state index is -0.224. The zero-order valence-corrected chi connectivity index (χ0v) is 10.1. The van der Waals surface area contributed by atoms with Gasteiger partial charge in [-0.1, -0.05) is 18.3 Å². The van der Waals surface area contributed by atoms with Crippen LogP contribution in [0.25, 0.3) is 0 Å². The molecule has 1 aliphatic carbocycles. The van der Waals surface area contributed by atoms with Crippen LogP contribution in [0.4, 0.5) is 0 Å². The predicted molar refractivity (Wildman–Crippen MR) is 67.9 cm³/mol. The first kappa shape index (κ1) is 12.6. The summed E-state index contributed by atoms with van der Waals surface area (Å²) >= 11 is 0. The van der Waals surface area contributed by atoms with Crippen molar-refractivity contribution in [3.8, 4) is 11.8 Å². The van der Waals surface area contributed by atoms with Crippen LogP contribution in [0.5, 0.6) is 0 Å². The number of nitrogens with one attached hydrogen (secondary N) is 1. The molecule has 0 radical (unpaired) electrons. The molecular weight excluding hydrogens is 228 g/mol. The first-order valence-corrected chi connectivity index (χ1v) is 6.13. The molecule has 2 rings (SSSR count). The van der Waals surface area contributed by atoms with Crippen LogP contribution < -0.4 is 5.32 Å². The number of aromatic nitrogens is 1. The quantitative estimate of drug-likeness (QED) is 0.778. The Morgan fingerprint density at radius 3 is 3.06 bits per heavy atom. The topological polar surface area (TPSA) is 62.2 Å². The Labute approximate surface area is 106 Å². The SMILES string of the molecule is O=C(NCC1CCC1)c1ccncc1C#CCO. The number of hydrogen-bond acceptors (Lipinski definition) is 3. The molecular formula is C14H16N2O2. The highest BCUT2D eigenvalue weighted by Gasteiger charge is 2.18. The van der Waals surface area contributed by atoms with Gasteiger partial charge < -0.3 is 10.4 Å². The van der Waals surface area contributed by atoms with Crippen molar-refractivity contribution < 1.29 is 9.90 Å². The number of carbonyl (C=O) groups excluding carboxylic acids is 1. The van der Waals surface area contributed by atoms with E-state index in [-0.39, 0.29) is 12.5 Å². The Morgan fingerprint density at radius 2 is 2.39 bits per heavy atom. The van der Waals surface area contributed by atoms with E-state index in [1.54, 1.807) is 18.5 Å². The van der Waals surface area contributed by atoms with E-state index in [1.165, 1.54) is 19.3 Å². The van der Waals surface area contributed by atoms with E-state index >= 15 is 0 Å². The maximum Gasteiger partial charge on any atom is 0.252 e. The lowest BCUT2D eigenvalue weighted by molar-refractivity contribution is 0.0938. The maximum absolute atomic E-state index is 12.0. The highest BCUT2D eigenvalue weighted by molar-refractivity contribution is 5.96. The van der Waals surface area contributed by atoms with Gasteiger partial charge in [-0.25, -0.2) is 0 Å². The molecule has 1 aromatic rings. The van der Waals surface area contributed by atoms with E-state index < -0.39 is 0 Å². The van der Waals surface area contributed by atoms with Crippen LogP contribution in [-0.4, -0.2) is 29.1 Å². The molecule has 18 heavy (non-hydrogen) atoms. The van der Waals surface area contributed by atoms with Crippen molar-refractivity contribution in [1.29, 1.82) is 0 Å². The molecule has 0 bridgehead atoms. The zero-order valence-electron chi connectivity index (χ0n) is 10.1. The van der Waals surface area contributed by atoms with Crippen molar-refractivity contribution in [2.75, 3.05) is 13.2 Å². The van der Waals surface area contributed by atoms with Crippen molar-refractivity contribution in [3.05, 3.63) is 29.6 Å². The molecule has 0 aromatic carbocycles. The molecule has 2 N–H and O–H groups in total. The van der Waals surface area contributed by atoms with Crippen molar-refractivity contribution in [1.82, 2.24) is 10.3 Å². The summed E-state index contributed by atoms with van der Waals surface area (Å²) in [4.78, 5) is 15.9. The maximum atomic E-state index is 12.0. The summed E-state index contributed by atoms with van der Waals surface area (Å²) in [6, 6.07) is 1.65. The molecule has 0 aliphatic heterocycles. The second kappa shape index (κ2) is 6.18. The van der Waals surface area contributed by atoms with Gasteiger partial charge >= 0.3 is 0 Å². The van der Waals surface area contributed by atoms with Crippen LogP contribution in [0.2, 0.25) is 0 Å². The van der Waals surface area contributed by atoms with E-state index in [0.717, 1.165) is 6.54 Å². The lowest BCUT2D eigenvalue weighted by atomic mass is 9.85. The Morgan fingerprint density at radius 1 is 1.56 bits per heavy atom. The van der Waals surface area contributed by atoms with Gasteiger partial charge in [0.2, 0.25) is 0 Å². The summed E-state index contributed by atoms with van der Waals surface area (Å²) in [7, 11) is 0. The van der Waals surface area contributed by atoms with Gasteiger partial charge in [0, 0.05) is 18.9 Å². The summed E-state index contributed by atoms with van der Waals surface area (Å²) in [5, 5.41) is 11.6. The van der Waals surface area contributed by atoms with E-state index in [1.807, 2.05) is 0 Å². The minimum absolute atomic E-state index is 0.119. The number of rotatable bonds is 3. The standard InChI is InChI=1S/C14H16N2O2/c17-8-2-5-12-10-15-7-6-13(12)14(18)16-9-11-3-1-4-11/h6-7,10-11,17H,1,3-4,8-9H2,(H,16,18). The number of nitrogens with zero attached hydrogens (tertiary/aromatic N) is 1. The van der Waals surface area contributed by atoms with Gasteiger partial charge in [0.1, 0.15) is 6.61 Å². The molecule has 1 heterocycles. The summed E-state index contributed by atoms with van der Waals surface area (Å²) in [5.74, 6) is 5.78. The second-order valence-corrected chi connectivity index (χ2v) is 4.39. The van der Waals surface area contributed by atoms with Crippen molar-refractivity contribution in [2.45, 2.75) is 19.3 Å². The minimum Gasteiger partial charge on any atom is -0.384 e. The molecule has 1 aliphatic rings. The molecule has 1 amide bonds. The Kier molecular flexibility index (Phi) is 4.32. The van der Waals surface area contributed by atoms with Crippen LogP contribution in [0, 0.1) is 17.8 Å². The smallest absolute Gasteiger partial charge is 0.252 e. The van der Waals surface area contributed by atoms with Crippen molar-refractivity contribution in [2.24, 2.45) is 5.92 Å². The third-order valence-corrected chi connectivity index (χ3v) is 3.14. The van der Waals surface area contributed by atoms with E-state index in [0.29, 0.717) is 17.0 Å². The molecule has 4 nitrogen and oxygen atoms in total. The fraction of sp³-hybridized carbons (Fsp3) is 0.429. The van der Waals surface area contributed by atoms with Crippen molar-refractivity contribution >= 4 is 5.91 Å². The van der Waals surface area contributed by atoms with Gasteiger partial charge in [-0.3, -0.25) is 9.78 Å². The largest absolute Gasteiger partial charge is 0.384 e. The number of aliphatic hydroxyl groups excluding tert-OH is 1. The van der Waals surface area contributed by atoms with E-state index in [9.17, 15) is 4.79 Å². The van der Waals surface area contributed by atoms with E-state index in [2.05, 4.69) is 22.1 Å². The molecule has 0 saturated heterocycles. The van der Waals surface area contributed by atoms with Crippen LogP contribution in [0.15, 0.2) is 18.5 Å². The van der Waals surface area contributed by atoms with E-state index in [4.69, 9.17) is 5.11 Å². The van der Waals surface area contributed by atoms with Gasteiger partial charge in [-0.05, 0) is 24.8 Å². The molecule has 0 atom stereocenters. The molecule has 94 valence electrons. The number of aliphatic hydroxyl groups is 1. The van der Waals surface area contributed by atoms with Crippen LogP contribution in [0.1, 0.15) is 35.2 Å². The third kappa shape index (κ3) is 3.08. The Balaban J connectivity index is 2.03. The molecule has 1 fully saturated rings. The van der Waals surface area contributed by atoms with Gasteiger partial charge in [0.25, 0.3) is 5.91 Å². The third-order valence-electron chi connectivity index (χ3n) is 3.14. The normalized spacial score (nSPS) is 14.3. The lowest BCUT2D eigenvalue weighted by Gasteiger charge is -2.25. The summed E-state index contributed by atoms with van der Waals surface area (Å²) < 4.78 is 0. The summed E-state index contributed by atoms with van der Waals surface area (Å²) in [5.41, 5.74) is 1.07. The highest BCUT2D eigenvalue weighted by atomic mass is 16.2. The van der Waals surface area contributed by atoms with Gasteiger partial charge in [-0.2, -0.15) is 0 Å². The average Bonchev–Trinajstić information content (AvgIpc) is 2.34. The first-order chi connectivity index (χ1) is 8.81. The number of amides is 1. The van der Waals surface area contributed by atoms with Gasteiger partial charge in [0.15, 0.2) is 0 Å². The van der Waals surface area contributed by atoms with Crippen molar-refractivity contribution in [3.63, 3.8) is 0 Å². The molecule has 4 heteroatoms. The number of carbonyl (C=O) groups is 1. The predicted octanol–water partition coefficient (Wildman–Crippen LogP) is 0.955. The zero-order chi connectivity index (χ0) is 12.8. The second-order valence-electron chi connectivity index (χ2n) is 4.39. The summed E-state index contributed by atoms with van der Waals surface area (Å²) in [6.45, 7) is 0.506. The van der Waals surface area contributed by atoms with Gasteiger partial charge in [-0.15, -0.1) is 0 Å². The fourth-order valence-electron chi connectivity index (χ4n) is 1.86. The van der Waals surface area contributed by atoms with Crippen LogP contribution >= 0.6 is 0 Å². The van der Waals surface area contributed by atoms with Gasteiger partial charge in [0.05, 0.1) is 11.1 Å². The Hall–Kier alpha value is -1.86.